The van der Waals surface area contributed by atoms with Crippen molar-refractivity contribution in [2.75, 3.05) is 45.7 Å². The van der Waals surface area contributed by atoms with Crippen molar-refractivity contribution in [3.63, 3.8) is 0 Å². The molecule has 1 saturated heterocycles. The zero-order chi connectivity index (χ0) is 19.2. The molecule has 6 nitrogen and oxygen atoms in total. The average molecular weight is 390 g/mol. The Kier molecular flexibility index (Phi) is 6.42. The fourth-order valence-electron chi connectivity index (χ4n) is 3.10. The van der Waals surface area contributed by atoms with Gasteiger partial charge >= 0.3 is 6.03 Å². The van der Waals surface area contributed by atoms with Crippen LogP contribution in [-0.2, 0) is 6.54 Å². The van der Waals surface area contributed by atoms with Gasteiger partial charge in [0.15, 0.2) is 0 Å². The molecule has 27 heavy (non-hydrogen) atoms. The smallest absolute Gasteiger partial charge is 0.322 e. The van der Waals surface area contributed by atoms with Crippen LogP contribution < -0.4 is 14.8 Å². The van der Waals surface area contributed by atoms with Crippen LogP contribution in [0.4, 0.5) is 10.5 Å². The zero-order valence-corrected chi connectivity index (χ0v) is 16.3. The monoisotopic (exact) mass is 389 g/mol. The number of hydrogen-bond acceptors (Lipinski definition) is 4. The summed E-state index contributed by atoms with van der Waals surface area (Å²) in [5.41, 5.74) is 1.81. The van der Waals surface area contributed by atoms with Crippen molar-refractivity contribution in [1.29, 1.82) is 0 Å². The van der Waals surface area contributed by atoms with Crippen molar-refractivity contribution in [2.45, 2.75) is 6.54 Å². The summed E-state index contributed by atoms with van der Waals surface area (Å²) >= 11 is 6.17. The molecule has 2 aromatic rings. The molecule has 0 radical (unpaired) electrons. The molecule has 1 N–H and O–H groups in total. The minimum absolute atomic E-state index is 0.158. The van der Waals surface area contributed by atoms with E-state index in [1.165, 1.54) is 12.7 Å². The Bertz CT molecular complexity index is 778. The van der Waals surface area contributed by atoms with Crippen molar-refractivity contribution in [3.8, 4) is 11.5 Å². The number of carbonyl (C=O) groups excluding carboxylic acids is 1. The summed E-state index contributed by atoms with van der Waals surface area (Å²) in [6.45, 7) is 3.92. The standard InChI is InChI=1S/C20H24ClN3O3/c1-26-18-13-19(27-2)17(12-16(18)21)22-20(25)24-10-8-23(9-11-24)14-15-6-4-3-5-7-15/h3-7,12-13H,8-11,14H2,1-2H3,(H,22,25). The molecule has 144 valence electrons. The Morgan fingerprint density at radius 1 is 1.04 bits per heavy atom. The number of halogens is 1. The number of urea groups is 1. The van der Waals surface area contributed by atoms with E-state index in [0.717, 1.165) is 19.6 Å². The highest BCUT2D eigenvalue weighted by Crippen LogP contribution is 2.36. The van der Waals surface area contributed by atoms with Gasteiger partial charge in [-0.1, -0.05) is 41.9 Å². The van der Waals surface area contributed by atoms with Gasteiger partial charge in [-0.2, -0.15) is 0 Å². The van der Waals surface area contributed by atoms with Crippen LogP contribution in [0.25, 0.3) is 0 Å². The SMILES string of the molecule is COc1cc(OC)c(NC(=O)N2CCN(Cc3ccccc3)CC2)cc1Cl. The van der Waals surface area contributed by atoms with E-state index in [0.29, 0.717) is 35.3 Å². The van der Waals surface area contributed by atoms with E-state index in [2.05, 4.69) is 22.3 Å². The molecule has 0 unspecified atom stereocenters. The van der Waals surface area contributed by atoms with Gasteiger partial charge in [-0.25, -0.2) is 4.79 Å². The summed E-state index contributed by atoms with van der Waals surface area (Å²) in [7, 11) is 3.08. The molecule has 1 fully saturated rings. The highest BCUT2D eigenvalue weighted by Gasteiger charge is 2.22. The predicted octanol–water partition coefficient (Wildman–Crippen LogP) is 3.71. The number of nitrogens with one attached hydrogen (secondary N) is 1. The highest BCUT2D eigenvalue weighted by atomic mass is 35.5. The lowest BCUT2D eigenvalue weighted by molar-refractivity contribution is 0.143. The lowest BCUT2D eigenvalue weighted by atomic mass is 10.2. The Morgan fingerprint density at radius 3 is 2.33 bits per heavy atom. The molecule has 1 aliphatic rings. The number of ether oxygens (including phenoxy) is 2. The minimum Gasteiger partial charge on any atom is -0.495 e. The predicted molar refractivity (Wildman–Crippen MR) is 107 cm³/mol. The first-order valence-corrected chi connectivity index (χ1v) is 9.22. The number of nitrogens with zero attached hydrogens (tertiary/aromatic N) is 2. The average Bonchev–Trinajstić information content (AvgIpc) is 2.69. The largest absolute Gasteiger partial charge is 0.495 e. The third-order valence-corrected chi connectivity index (χ3v) is 4.92. The third-order valence-electron chi connectivity index (χ3n) is 4.62. The van der Waals surface area contributed by atoms with Gasteiger partial charge in [0.05, 0.1) is 24.9 Å². The van der Waals surface area contributed by atoms with Crippen LogP contribution in [0.2, 0.25) is 5.02 Å². The second-order valence-corrected chi connectivity index (χ2v) is 6.77. The normalized spacial score (nSPS) is 14.7. The molecule has 1 aliphatic heterocycles. The van der Waals surface area contributed by atoms with Gasteiger partial charge in [0.1, 0.15) is 11.5 Å². The maximum absolute atomic E-state index is 12.6. The number of methoxy groups -OCH3 is 2. The van der Waals surface area contributed by atoms with Crippen LogP contribution >= 0.6 is 11.6 Å². The van der Waals surface area contributed by atoms with Crippen LogP contribution in [0.5, 0.6) is 11.5 Å². The van der Waals surface area contributed by atoms with E-state index >= 15 is 0 Å². The molecule has 0 atom stereocenters. The molecule has 2 aromatic carbocycles. The van der Waals surface area contributed by atoms with Crippen LogP contribution in [0.3, 0.4) is 0 Å². The van der Waals surface area contributed by atoms with E-state index in [1.54, 1.807) is 24.1 Å². The maximum atomic E-state index is 12.6. The van der Waals surface area contributed by atoms with Gasteiger partial charge in [-0.3, -0.25) is 4.90 Å². The summed E-state index contributed by atoms with van der Waals surface area (Å²) in [5.74, 6) is 1.01. The molecular formula is C20H24ClN3O3. The number of benzene rings is 2. The number of anilines is 1. The minimum atomic E-state index is -0.158. The lowest BCUT2D eigenvalue weighted by Gasteiger charge is -2.34. The lowest BCUT2D eigenvalue weighted by Crippen LogP contribution is -2.49. The number of carbonyl (C=O) groups is 1. The van der Waals surface area contributed by atoms with Gasteiger partial charge in [-0.05, 0) is 11.6 Å². The molecule has 0 saturated carbocycles. The topological polar surface area (TPSA) is 54.0 Å². The number of piperazine rings is 1. The van der Waals surface area contributed by atoms with E-state index in [-0.39, 0.29) is 6.03 Å². The molecule has 0 spiro atoms. The van der Waals surface area contributed by atoms with Crippen LogP contribution in [-0.4, -0.2) is 56.2 Å². The van der Waals surface area contributed by atoms with E-state index in [1.807, 2.05) is 18.2 Å². The van der Waals surface area contributed by atoms with Crippen molar-refractivity contribution in [3.05, 3.63) is 53.1 Å². The zero-order valence-electron chi connectivity index (χ0n) is 15.6. The van der Waals surface area contributed by atoms with Crippen molar-refractivity contribution >= 4 is 23.3 Å². The van der Waals surface area contributed by atoms with Gasteiger partial charge in [0.25, 0.3) is 0 Å². The molecule has 3 rings (SSSR count). The maximum Gasteiger partial charge on any atom is 0.322 e. The highest BCUT2D eigenvalue weighted by molar-refractivity contribution is 6.32. The molecule has 1 heterocycles. The van der Waals surface area contributed by atoms with Gasteiger partial charge in [0, 0.05) is 38.8 Å². The number of hydrogen-bond donors (Lipinski definition) is 1. The summed E-state index contributed by atoms with van der Waals surface area (Å²) in [6, 6.07) is 13.5. The molecule has 7 heteroatoms. The molecular weight excluding hydrogens is 366 g/mol. The summed E-state index contributed by atoms with van der Waals surface area (Å²) in [5, 5.41) is 3.31. The first kappa shape index (κ1) is 19.3. The second-order valence-electron chi connectivity index (χ2n) is 6.37. The Morgan fingerprint density at radius 2 is 1.70 bits per heavy atom. The van der Waals surface area contributed by atoms with Gasteiger partial charge < -0.3 is 19.7 Å². The third kappa shape index (κ3) is 4.84. The van der Waals surface area contributed by atoms with Crippen LogP contribution in [0.15, 0.2) is 42.5 Å². The Balaban J connectivity index is 1.57. The summed E-state index contributed by atoms with van der Waals surface area (Å²) < 4.78 is 10.5. The number of amides is 2. The number of rotatable bonds is 5. The first-order valence-electron chi connectivity index (χ1n) is 8.84. The Labute approximate surface area is 164 Å². The summed E-state index contributed by atoms with van der Waals surface area (Å²) in [4.78, 5) is 16.8. The van der Waals surface area contributed by atoms with E-state index in [9.17, 15) is 4.79 Å². The fraction of sp³-hybridized carbons (Fsp3) is 0.350. The van der Waals surface area contributed by atoms with Crippen LogP contribution in [0.1, 0.15) is 5.56 Å². The van der Waals surface area contributed by atoms with Crippen molar-refractivity contribution in [1.82, 2.24) is 9.80 Å². The summed E-state index contributed by atoms with van der Waals surface area (Å²) in [6.07, 6.45) is 0. The fourth-order valence-corrected chi connectivity index (χ4v) is 3.34. The van der Waals surface area contributed by atoms with E-state index < -0.39 is 0 Å². The quantitative estimate of drug-likeness (QED) is 0.847. The molecule has 2 amide bonds. The molecule has 0 aliphatic carbocycles. The van der Waals surface area contributed by atoms with Crippen molar-refractivity contribution < 1.29 is 14.3 Å². The van der Waals surface area contributed by atoms with E-state index in [4.69, 9.17) is 21.1 Å². The van der Waals surface area contributed by atoms with Gasteiger partial charge in [-0.15, -0.1) is 0 Å². The van der Waals surface area contributed by atoms with Crippen molar-refractivity contribution in [2.24, 2.45) is 0 Å². The molecule has 0 aromatic heterocycles. The molecule has 0 bridgehead atoms. The Hall–Kier alpha value is -2.44. The second kappa shape index (κ2) is 8.97. The van der Waals surface area contributed by atoms with Crippen LogP contribution in [0, 0.1) is 0 Å². The van der Waals surface area contributed by atoms with Gasteiger partial charge in [0.2, 0.25) is 0 Å². The first-order chi connectivity index (χ1) is 13.1.